The van der Waals surface area contributed by atoms with E-state index in [2.05, 4.69) is 45.6 Å². The second-order valence-electron chi connectivity index (χ2n) is 13.5. The summed E-state index contributed by atoms with van der Waals surface area (Å²) in [5.41, 5.74) is 12.6. The van der Waals surface area contributed by atoms with Gasteiger partial charge in [0.05, 0.1) is 46.3 Å². The van der Waals surface area contributed by atoms with Crippen LogP contribution in [0, 0.1) is 68.6 Å². The predicted molar refractivity (Wildman–Crippen MR) is 267 cm³/mol. The predicted octanol–water partition coefficient (Wildman–Crippen LogP) is 6.14. The Kier molecular flexibility index (Phi) is 30.4. The van der Waals surface area contributed by atoms with Crippen molar-refractivity contribution in [3.8, 4) is 37.8 Å². The first kappa shape index (κ1) is 61.4. The summed E-state index contributed by atoms with van der Waals surface area (Å²) in [6.07, 6.45) is 24.9. The van der Waals surface area contributed by atoms with Crippen molar-refractivity contribution >= 4 is 71.4 Å². The Hall–Kier alpha value is -8.61. The minimum atomic E-state index is -1.28. The molecule has 22 nitrogen and oxygen atoms in total. The molecule has 0 aliphatic rings. The van der Waals surface area contributed by atoms with Gasteiger partial charge in [0.2, 0.25) is 28.6 Å². The minimum Gasteiger partial charge on any atom is -0.465 e. The molecule has 0 aliphatic heterocycles. The number of hydrogen-bond acceptors (Lipinski definition) is 20. The van der Waals surface area contributed by atoms with Crippen LogP contribution in [0.4, 0.5) is 34.6 Å². The van der Waals surface area contributed by atoms with Crippen molar-refractivity contribution in [2.24, 2.45) is 0 Å². The summed E-state index contributed by atoms with van der Waals surface area (Å²) in [6.45, 7) is 7.14. The lowest BCUT2D eigenvalue weighted by Crippen LogP contribution is -2.32. The van der Waals surface area contributed by atoms with E-state index in [0.717, 1.165) is 25.7 Å². The molecule has 0 unspecified atom stereocenters. The van der Waals surface area contributed by atoms with Gasteiger partial charge < -0.3 is 40.8 Å². The summed E-state index contributed by atoms with van der Waals surface area (Å²) in [7, 11) is -1.28. The van der Waals surface area contributed by atoms with E-state index in [-0.39, 0.29) is 68.0 Å². The van der Waals surface area contributed by atoms with Crippen LogP contribution in [-0.2, 0) is 32.2 Å². The van der Waals surface area contributed by atoms with Crippen LogP contribution >= 0.6 is 11.6 Å². The van der Waals surface area contributed by atoms with E-state index in [1.165, 1.54) is 15.8 Å². The first-order valence-corrected chi connectivity index (χ1v) is 21.3. The number of carbonyl (C=O) groups is 2. The molecule has 0 saturated carbocycles. The van der Waals surface area contributed by atoms with Gasteiger partial charge in [-0.3, -0.25) is 29.8 Å². The van der Waals surface area contributed by atoms with E-state index in [9.17, 15) is 29.8 Å². The molecule has 0 aliphatic carbocycles. The average molecular weight is 981 g/mol. The van der Waals surface area contributed by atoms with Crippen molar-refractivity contribution in [1.29, 1.82) is 10.5 Å². The van der Waals surface area contributed by atoms with Crippen molar-refractivity contribution in [3.05, 3.63) is 120 Å². The summed E-state index contributed by atoms with van der Waals surface area (Å²) >= 11 is 5.81. The van der Waals surface area contributed by atoms with Gasteiger partial charge in [-0.05, 0) is 79.8 Å². The number of nitrogens with zero attached hydrogens (tertiary/aromatic N) is 10. The molecule has 0 fully saturated rings. The fourth-order valence-electron chi connectivity index (χ4n) is 5.57. The minimum absolute atomic E-state index is 0.0297. The van der Waals surface area contributed by atoms with Gasteiger partial charge in [-0.15, -0.1) is 25.7 Å². The summed E-state index contributed by atoms with van der Waals surface area (Å²) in [4.78, 5) is 64.5. The molecule has 2 heterocycles. The van der Waals surface area contributed by atoms with Crippen LogP contribution in [0.5, 0.6) is 0 Å². The van der Waals surface area contributed by atoms with E-state index in [1.54, 1.807) is 74.5 Å². The van der Waals surface area contributed by atoms with Gasteiger partial charge in [-0.25, -0.2) is 9.97 Å². The van der Waals surface area contributed by atoms with Gasteiger partial charge in [0.1, 0.15) is 13.1 Å². The van der Waals surface area contributed by atoms with Crippen LogP contribution in [0.1, 0.15) is 81.5 Å². The number of nitrogens with two attached hydrogens (primary N) is 2. The third kappa shape index (κ3) is 22.3. The molecule has 4 aromatic rings. The van der Waals surface area contributed by atoms with Gasteiger partial charge in [-0.2, -0.15) is 20.5 Å². The number of carbonyl (C=O) groups excluding carboxylic acids is 2. The highest BCUT2D eigenvalue weighted by molar-refractivity contribution is 6.47. The molecule has 4 rings (SSSR count). The normalized spacial score (nSPS) is 9.84. The monoisotopic (exact) mass is 980 g/mol. The second kappa shape index (κ2) is 34.7. The van der Waals surface area contributed by atoms with Crippen LogP contribution < -0.4 is 21.3 Å². The first-order chi connectivity index (χ1) is 33.5. The maximum Gasteiger partial charge on any atom is 0.480 e. The third-order valence-electron chi connectivity index (χ3n) is 8.33. The van der Waals surface area contributed by atoms with Gasteiger partial charge in [-0.1, -0.05) is 69.1 Å². The number of unbranched alkanes of at least 4 members (excludes halogenated alkanes) is 2. The molecule has 0 spiro atoms. The Morgan fingerprint density at radius 2 is 1.19 bits per heavy atom. The van der Waals surface area contributed by atoms with Crippen molar-refractivity contribution < 1.29 is 39.0 Å². The number of nitriles is 2. The van der Waals surface area contributed by atoms with Crippen molar-refractivity contribution in [2.75, 3.05) is 47.6 Å². The number of allylic oxidation sites excluding steroid dienone is 2. The molecule has 6 N–H and O–H groups in total. The summed E-state index contributed by atoms with van der Waals surface area (Å²) in [5, 5.41) is 57.5. The SMILES string of the molecule is C#C.C#C.CCC/C=C/B(O)O.CCC/C=C/c1nc(N)c([N+](=O)[O-])c(N(CC(=O)OCC)Cc2cccc(C#N)c2)n1.CCOC(=O)CN(Cc1cccc(C#N)c1)c1nc(Cl)nc(N)c1[N+](=O)[O-]. The van der Waals surface area contributed by atoms with E-state index in [1.807, 2.05) is 32.1 Å². The highest BCUT2D eigenvalue weighted by atomic mass is 35.5. The van der Waals surface area contributed by atoms with E-state index in [0.29, 0.717) is 22.3 Å². The van der Waals surface area contributed by atoms with E-state index < -0.39 is 46.1 Å². The molecule has 0 radical (unpaired) electrons. The largest absolute Gasteiger partial charge is 0.480 e. The van der Waals surface area contributed by atoms with Crippen LogP contribution in [0.25, 0.3) is 6.08 Å². The smallest absolute Gasteiger partial charge is 0.465 e. The molecular formula is C46H54BClN12O10. The molecule has 24 heteroatoms. The number of nitro groups is 2. The number of hydrogen-bond donors (Lipinski definition) is 4. The fraction of sp³-hybridized carbons (Fsp3) is 0.304. The molecule has 0 amide bonds. The number of benzene rings is 2. The Labute approximate surface area is 411 Å². The maximum absolute atomic E-state index is 12.2. The van der Waals surface area contributed by atoms with Crippen molar-refractivity contribution in [3.63, 3.8) is 0 Å². The van der Waals surface area contributed by atoms with Gasteiger partial charge in [0, 0.05) is 13.1 Å². The number of ether oxygens (including phenoxy) is 2. The Morgan fingerprint density at radius 1 is 0.757 bits per heavy atom. The lowest BCUT2D eigenvalue weighted by Gasteiger charge is -2.23. The number of anilines is 4. The van der Waals surface area contributed by atoms with Crippen molar-refractivity contribution in [2.45, 2.75) is 66.5 Å². The molecule has 2 aromatic carbocycles. The van der Waals surface area contributed by atoms with E-state index >= 15 is 0 Å². The summed E-state index contributed by atoms with van der Waals surface area (Å²) < 4.78 is 9.95. The average Bonchev–Trinajstić information content (AvgIpc) is 3.32. The number of nitrogen functional groups attached to an aromatic ring is 2. The van der Waals surface area contributed by atoms with Crippen LogP contribution in [0.2, 0.25) is 5.28 Å². The summed E-state index contributed by atoms with van der Waals surface area (Å²) in [6, 6.07) is 17.3. The van der Waals surface area contributed by atoms with Gasteiger partial charge in [0.25, 0.3) is 0 Å². The Balaban J connectivity index is 0.00000111. The van der Waals surface area contributed by atoms with Gasteiger partial charge >= 0.3 is 30.4 Å². The quantitative estimate of drug-likeness (QED) is 0.0193. The van der Waals surface area contributed by atoms with Crippen LogP contribution in [0.15, 0.2) is 66.7 Å². The number of aromatic nitrogens is 4. The number of halogens is 1. The molecule has 70 heavy (non-hydrogen) atoms. The lowest BCUT2D eigenvalue weighted by atomic mass is 9.91. The first-order valence-electron chi connectivity index (χ1n) is 21.0. The molecule has 368 valence electrons. The highest BCUT2D eigenvalue weighted by Gasteiger charge is 2.30. The van der Waals surface area contributed by atoms with Crippen LogP contribution in [-0.4, -0.2) is 85.2 Å². The highest BCUT2D eigenvalue weighted by Crippen LogP contribution is 2.34. The lowest BCUT2D eigenvalue weighted by molar-refractivity contribution is -0.383. The Morgan fingerprint density at radius 3 is 1.59 bits per heavy atom. The molecule has 0 saturated heterocycles. The Bertz CT molecular complexity index is 2520. The van der Waals surface area contributed by atoms with E-state index in [4.69, 9.17) is 53.1 Å². The zero-order valence-electron chi connectivity index (χ0n) is 39.1. The van der Waals surface area contributed by atoms with Crippen LogP contribution in [0.3, 0.4) is 0 Å². The third-order valence-corrected chi connectivity index (χ3v) is 8.50. The number of terminal acetylenes is 2. The fourth-order valence-corrected chi connectivity index (χ4v) is 5.74. The second-order valence-corrected chi connectivity index (χ2v) is 13.8. The topological polar surface area (TPSA) is 337 Å². The zero-order chi connectivity index (χ0) is 53.2. The molecule has 0 bridgehead atoms. The van der Waals surface area contributed by atoms with Crippen molar-refractivity contribution in [1.82, 2.24) is 19.9 Å². The molecule has 2 aromatic heterocycles. The number of rotatable bonds is 20. The maximum atomic E-state index is 12.2. The molecular weight excluding hydrogens is 927 g/mol. The zero-order valence-corrected chi connectivity index (χ0v) is 39.8. The summed E-state index contributed by atoms with van der Waals surface area (Å²) in [5.74, 6) is -0.655. The van der Waals surface area contributed by atoms with Gasteiger partial charge in [0.15, 0.2) is 5.82 Å². The standard InChI is InChI=1S/C21H24N6O4.C16H15ClN6O4.C5H11BO2.2C2H2/c1-3-5-6-10-17-24-20(23)19(27(29)30)21(25-17)26(14-18(28)31-4-2)13-16-9-7-8-15(11-16)12-22;1-2-27-12(24)9-22(8-11-5-3-4-10(6-11)7-18)15-13(23(25)26)14(19)20-16(17)21-15;1-2-3-4-5-6(7)8;2*1-2/h6-11H,3-5,13-14H2,1-2H3,(H2,23,24,25);3-6H,2,8-9H2,1H3,(H2,19,20,21);4-5,7-8H,2-3H2,1H3;2*1-2H/b10-6+;;5-4+;;. The number of esters is 2. The molecule has 0 atom stereocenters.